The van der Waals surface area contributed by atoms with Gasteiger partial charge in [0.15, 0.2) is 0 Å². The lowest BCUT2D eigenvalue weighted by Crippen LogP contribution is -2.60. The number of fused-ring (bicyclic) bond motifs is 1. The molecule has 4 N–H and O–H groups in total. The Kier molecular flexibility index (Phi) is 7.45. The van der Waals surface area contributed by atoms with Gasteiger partial charge in [0.05, 0.1) is 5.94 Å². The standard InChI is InChI=1S/C22H22BFN4O8S/c1-2-27-6-7-28(20(31)19(27)30)22(34)26-16(12-5-8-37-10-12)18(29)25-14-9-11-3-4-13(24)15(21(32)33)17(11)36-23(14)35/h3-5,8,10,14,16,35H,2,6-7,9H2,1H3,(H,25,29)(H,26,34)(H,32,33)/t14-,16+/m0/s1. The molecule has 0 saturated carbocycles. The summed E-state index contributed by atoms with van der Waals surface area (Å²) in [6.07, 6.45) is -0.0843. The number of carbonyl (C=O) groups excluding carboxylic acids is 4. The molecule has 0 spiro atoms. The second-order valence-electron chi connectivity index (χ2n) is 8.32. The van der Waals surface area contributed by atoms with E-state index in [1.807, 2.05) is 0 Å². The van der Waals surface area contributed by atoms with Crippen molar-refractivity contribution in [2.24, 2.45) is 0 Å². The fourth-order valence-corrected chi connectivity index (χ4v) is 4.82. The summed E-state index contributed by atoms with van der Waals surface area (Å²) in [6.45, 7) is 2.14. The van der Waals surface area contributed by atoms with Crippen LogP contribution in [0.3, 0.4) is 0 Å². The number of carboxylic acids is 1. The fourth-order valence-electron chi connectivity index (χ4n) is 4.14. The Hall–Kier alpha value is -3.98. The molecule has 0 bridgehead atoms. The molecular weight excluding hydrogens is 510 g/mol. The molecule has 194 valence electrons. The second-order valence-corrected chi connectivity index (χ2v) is 9.10. The molecular formula is C22H22BFN4O8S. The van der Waals surface area contributed by atoms with Crippen LogP contribution in [0.1, 0.15) is 34.5 Å². The van der Waals surface area contributed by atoms with Gasteiger partial charge in [-0.15, -0.1) is 0 Å². The average molecular weight is 532 g/mol. The lowest BCUT2D eigenvalue weighted by molar-refractivity contribution is -0.153. The molecule has 2 aliphatic heterocycles. The number of carboxylic acid groups (broad SMARTS) is 1. The topological polar surface area (TPSA) is 166 Å². The Morgan fingerprint density at radius 1 is 1.24 bits per heavy atom. The number of carbonyl (C=O) groups is 5. The van der Waals surface area contributed by atoms with E-state index in [2.05, 4.69) is 10.6 Å². The van der Waals surface area contributed by atoms with Crippen LogP contribution >= 0.6 is 11.3 Å². The van der Waals surface area contributed by atoms with Gasteiger partial charge in [-0.25, -0.2) is 14.0 Å². The molecule has 4 rings (SSSR count). The molecule has 2 aromatic rings. The van der Waals surface area contributed by atoms with Crippen LogP contribution in [0.5, 0.6) is 5.75 Å². The highest BCUT2D eigenvalue weighted by molar-refractivity contribution is 7.08. The lowest BCUT2D eigenvalue weighted by Gasteiger charge is -2.33. The van der Waals surface area contributed by atoms with Gasteiger partial charge in [0.25, 0.3) is 0 Å². The number of imide groups is 1. The monoisotopic (exact) mass is 532 g/mol. The summed E-state index contributed by atoms with van der Waals surface area (Å²) in [4.78, 5) is 64.2. The van der Waals surface area contributed by atoms with E-state index in [-0.39, 0.29) is 30.8 Å². The number of hydrogen-bond donors (Lipinski definition) is 4. The normalized spacial score (nSPS) is 18.1. The largest absolute Gasteiger partial charge is 0.547 e. The Labute approximate surface area is 214 Å². The number of nitrogens with zero attached hydrogens (tertiary/aromatic N) is 2. The first-order valence-electron chi connectivity index (χ1n) is 11.3. The summed E-state index contributed by atoms with van der Waals surface area (Å²) in [5.41, 5.74) is -0.0841. The van der Waals surface area contributed by atoms with E-state index >= 15 is 0 Å². The highest BCUT2D eigenvalue weighted by Gasteiger charge is 2.41. The number of thiophene rings is 1. The van der Waals surface area contributed by atoms with Crippen molar-refractivity contribution >= 4 is 48.2 Å². The number of benzene rings is 1. The minimum absolute atomic E-state index is 0.0450. The van der Waals surface area contributed by atoms with Crippen molar-refractivity contribution in [1.29, 1.82) is 0 Å². The van der Waals surface area contributed by atoms with Gasteiger partial charge >= 0.3 is 30.9 Å². The second kappa shape index (κ2) is 10.6. The molecule has 1 aromatic carbocycles. The number of aromatic carboxylic acids is 1. The Morgan fingerprint density at radius 2 is 2.00 bits per heavy atom. The summed E-state index contributed by atoms with van der Waals surface area (Å²) in [5.74, 6) is -6.59. The molecule has 37 heavy (non-hydrogen) atoms. The van der Waals surface area contributed by atoms with E-state index in [1.54, 1.807) is 23.8 Å². The van der Waals surface area contributed by atoms with Gasteiger partial charge in [0.1, 0.15) is 23.2 Å². The van der Waals surface area contributed by atoms with Crippen molar-refractivity contribution in [3.8, 4) is 5.75 Å². The number of hydrogen-bond acceptors (Lipinski definition) is 8. The van der Waals surface area contributed by atoms with Crippen LogP contribution in [0.25, 0.3) is 0 Å². The van der Waals surface area contributed by atoms with Crippen molar-refractivity contribution in [3.63, 3.8) is 0 Å². The zero-order valence-electron chi connectivity index (χ0n) is 19.5. The number of urea groups is 1. The summed E-state index contributed by atoms with van der Waals surface area (Å²) >= 11 is 1.26. The van der Waals surface area contributed by atoms with E-state index in [1.165, 1.54) is 22.3 Å². The first-order valence-corrected chi connectivity index (χ1v) is 12.2. The Bertz CT molecular complexity index is 1260. The summed E-state index contributed by atoms with van der Waals surface area (Å²) < 4.78 is 19.2. The van der Waals surface area contributed by atoms with Crippen LogP contribution in [0, 0.1) is 5.82 Å². The molecule has 0 unspecified atom stereocenters. The van der Waals surface area contributed by atoms with Gasteiger partial charge in [-0.05, 0) is 47.4 Å². The number of nitrogens with one attached hydrogen (secondary N) is 2. The fraction of sp³-hybridized carbons (Fsp3) is 0.318. The van der Waals surface area contributed by atoms with Gasteiger partial charge < -0.3 is 30.3 Å². The number of likely N-dealkylation sites (N-methyl/N-ethyl adjacent to an activating group) is 1. The predicted octanol–water partition coefficient (Wildman–Crippen LogP) is 0.166. The van der Waals surface area contributed by atoms with Gasteiger partial charge in [-0.1, -0.05) is 6.07 Å². The molecule has 1 fully saturated rings. The van der Waals surface area contributed by atoms with E-state index in [9.17, 15) is 38.5 Å². The maximum absolute atomic E-state index is 14.0. The van der Waals surface area contributed by atoms with Crippen molar-refractivity contribution in [2.75, 3.05) is 19.6 Å². The minimum Gasteiger partial charge on any atom is -0.534 e. The van der Waals surface area contributed by atoms with Gasteiger partial charge in [-0.2, -0.15) is 11.3 Å². The van der Waals surface area contributed by atoms with Crippen LogP contribution < -0.4 is 15.3 Å². The third-order valence-corrected chi connectivity index (χ3v) is 6.80. The molecule has 3 heterocycles. The first-order chi connectivity index (χ1) is 17.6. The van der Waals surface area contributed by atoms with Crippen LogP contribution in [-0.2, 0) is 20.8 Å². The zero-order valence-corrected chi connectivity index (χ0v) is 20.3. The first kappa shape index (κ1) is 26.1. The molecule has 0 radical (unpaired) electrons. The number of halogens is 1. The summed E-state index contributed by atoms with van der Waals surface area (Å²) in [7, 11) is -1.71. The maximum atomic E-state index is 14.0. The number of amides is 5. The van der Waals surface area contributed by atoms with E-state index in [0.717, 1.165) is 11.0 Å². The van der Waals surface area contributed by atoms with Crippen molar-refractivity contribution in [2.45, 2.75) is 25.3 Å². The van der Waals surface area contributed by atoms with Crippen LogP contribution in [0.2, 0.25) is 0 Å². The molecule has 15 heteroatoms. The zero-order chi connectivity index (χ0) is 26.9. The Balaban J connectivity index is 1.51. The van der Waals surface area contributed by atoms with Gasteiger partial charge in [-0.3, -0.25) is 19.3 Å². The molecule has 2 atom stereocenters. The lowest BCUT2D eigenvalue weighted by atomic mass is 9.72. The van der Waals surface area contributed by atoms with Crippen LogP contribution in [0.4, 0.5) is 9.18 Å². The Morgan fingerprint density at radius 3 is 2.65 bits per heavy atom. The molecule has 2 aliphatic rings. The van der Waals surface area contributed by atoms with E-state index in [4.69, 9.17) is 4.65 Å². The highest BCUT2D eigenvalue weighted by atomic mass is 32.1. The molecule has 12 nitrogen and oxygen atoms in total. The summed E-state index contributed by atoms with van der Waals surface area (Å²) in [5, 5.41) is 28.0. The highest BCUT2D eigenvalue weighted by Crippen LogP contribution is 2.32. The maximum Gasteiger partial charge on any atom is 0.547 e. The number of piperazine rings is 1. The molecule has 5 amide bonds. The van der Waals surface area contributed by atoms with Gasteiger partial charge in [0, 0.05) is 19.6 Å². The van der Waals surface area contributed by atoms with E-state index in [0.29, 0.717) is 12.1 Å². The molecule has 0 aliphatic carbocycles. The average Bonchev–Trinajstić information content (AvgIpc) is 3.39. The quantitative estimate of drug-likeness (QED) is 0.302. The van der Waals surface area contributed by atoms with Gasteiger partial charge in [0.2, 0.25) is 5.91 Å². The SMILES string of the molecule is CCN1CCN(C(=O)N[C@@H](C(=O)N[C@H]2Cc3ccc(F)c(C(=O)O)c3OB2O)c2ccsc2)C(=O)C1=O. The molecule has 1 aromatic heterocycles. The smallest absolute Gasteiger partial charge is 0.534 e. The third-order valence-electron chi connectivity index (χ3n) is 6.09. The van der Waals surface area contributed by atoms with E-state index < -0.39 is 60.2 Å². The van der Waals surface area contributed by atoms with Crippen molar-refractivity contribution in [1.82, 2.24) is 20.4 Å². The summed E-state index contributed by atoms with van der Waals surface area (Å²) in [6, 6.07) is 1.60. The minimum atomic E-state index is -1.71. The predicted molar refractivity (Wildman–Crippen MR) is 127 cm³/mol. The van der Waals surface area contributed by atoms with Crippen LogP contribution in [-0.4, -0.2) is 82.3 Å². The molecule has 1 saturated heterocycles. The third kappa shape index (κ3) is 5.13. The van der Waals surface area contributed by atoms with Crippen LogP contribution in [0.15, 0.2) is 29.0 Å². The number of rotatable bonds is 6. The van der Waals surface area contributed by atoms with Crippen molar-refractivity contribution < 1.29 is 43.1 Å². The van der Waals surface area contributed by atoms with Crippen molar-refractivity contribution in [3.05, 3.63) is 51.5 Å².